The molecule has 4 heterocycles. The molecule has 0 saturated carbocycles. The van der Waals surface area contributed by atoms with E-state index in [9.17, 15) is 9.59 Å². The van der Waals surface area contributed by atoms with Crippen LogP contribution in [0.5, 0.6) is 0 Å². The number of aromatic amines is 2. The number of anilines is 2. The SMILES string of the molecule is CCc1ccccc1C(=O)OCOCNc1ccc(-c2nc3c(Cl)c(C)[nH]n3n2)cc1.Cc1[nH]n2nc(-c3cccc(NCOCOC(=O)CCCCCCCCCCCCCCCO)c3)nc2c1Cl. The molecule has 0 spiro atoms. The van der Waals surface area contributed by atoms with E-state index in [1.165, 1.54) is 57.8 Å². The van der Waals surface area contributed by atoms with Gasteiger partial charge in [-0.1, -0.05) is 131 Å². The summed E-state index contributed by atoms with van der Waals surface area (Å²) in [6, 6.07) is 22.7. The highest BCUT2D eigenvalue weighted by Gasteiger charge is 2.16. The Hall–Kier alpha value is -5.98. The Morgan fingerprint density at radius 1 is 0.629 bits per heavy atom. The minimum absolute atomic E-state index is 0.0713. The van der Waals surface area contributed by atoms with Crippen molar-refractivity contribution in [2.24, 2.45) is 0 Å². The number of esters is 2. The number of aliphatic hydroxyl groups is 1. The van der Waals surface area contributed by atoms with Gasteiger partial charge in [-0.05, 0) is 81.1 Å². The summed E-state index contributed by atoms with van der Waals surface area (Å²) < 4.78 is 24.3. The minimum atomic E-state index is -0.388. The number of aryl methyl sites for hydroxylation is 3. The summed E-state index contributed by atoms with van der Waals surface area (Å²) in [5.41, 5.74) is 7.75. The number of fused-ring (bicyclic) bond motifs is 2. The van der Waals surface area contributed by atoms with E-state index in [0.29, 0.717) is 51.6 Å². The first-order chi connectivity index (χ1) is 34.1. The lowest BCUT2D eigenvalue weighted by atomic mass is 10.0. The molecular weight excluding hydrogens is 936 g/mol. The number of aromatic nitrogens is 8. The maximum Gasteiger partial charge on any atom is 0.340 e. The van der Waals surface area contributed by atoms with Crippen LogP contribution in [-0.4, -0.2) is 90.3 Å². The number of rotatable bonds is 29. The van der Waals surface area contributed by atoms with Gasteiger partial charge in [-0.25, -0.2) is 14.8 Å². The van der Waals surface area contributed by atoms with Crippen molar-refractivity contribution < 1.29 is 33.6 Å². The van der Waals surface area contributed by atoms with Gasteiger partial charge in [-0.2, -0.15) is 9.26 Å². The number of carbonyl (C=O) groups excluding carboxylic acids is 2. The van der Waals surface area contributed by atoms with Crippen LogP contribution < -0.4 is 10.6 Å². The molecule has 17 nitrogen and oxygen atoms in total. The Labute approximate surface area is 418 Å². The molecule has 0 aliphatic heterocycles. The van der Waals surface area contributed by atoms with Crippen LogP contribution in [0.25, 0.3) is 34.1 Å². The second-order valence-electron chi connectivity index (χ2n) is 16.9. The summed E-state index contributed by atoms with van der Waals surface area (Å²) in [5, 5.41) is 31.1. The molecule has 5 N–H and O–H groups in total. The zero-order valence-corrected chi connectivity index (χ0v) is 41.9. The Balaban J connectivity index is 0.000000235. The average Bonchev–Trinajstić information content (AvgIpc) is 4.12. The predicted octanol–water partition coefficient (Wildman–Crippen LogP) is 11.5. The summed E-state index contributed by atoms with van der Waals surface area (Å²) in [5.74, 6) is 0.543. The first-order valence-electron chi connectivity index (χ1n) is 24.2. The summed E-state index contributed by atoms with van der Waals surface area (Å²) in [6.45, 7) is 6.27. The second-order valence-corrected chi connectivity index (χ2v) is 17.7. The Morgan fingerprint density at radius 2 is 1.16 bits per heavy atom. The van der Waals surface area contributed by atoms with Crippen LogP contribution in [0, 0.1) is 13.8 Å². The molecule has 0 fully saturated rings. The van der Waals surface area contributed by atoms with E-state index >= 15 is 0 Å². The van der Waals surface area contributed by atoms with Crippen molar-refractivity contribution in [3.05, 3.63) is 105 Å². The molecule has 0 unspecified atom stereocenters. The third-order valence-electron chi connectivity index (χ3n) is 11.6. The van der Waals surface area contributed by atoms with Crippen molar-refractivity contribution in [1.82, 2.24) is 39.6 Å². The number of hydrogen-bond donors (Lipinski definition) is 5. The summed E-state index contributed by atoms with van der Waals surface area (Å²) in [4.78, 5) is 33.1. The van der Waals surface area contributed by atoms with E-state index in [4.69, 9.17) is 47.3 Å². The molecule has 19 heteroatoms. The first-order valence-corrected chi connectivity index (χ1v) is 25.0. The van der Waals surface area contributed by atoms with E-state index in [2.05, 4.69) is 41.0 Å². The molecular formula is C51H66Cl2N10O7. The number of carbonyl (C=O) groups is 2. The van der Waals surface area contributed by atoms with Crippen molar-refractivity contribution in [2.75, 3.05) is 44.3 Å². The molecule has 7 aromatic rings. The zero-order chi connectivity index (χ0) is 49.5. The molecule has 0 atom stereocenters. The molecule has 0 saturated heterocycles. The minimum Gasteiger partial charge on any atom is -0.438 e. The smallest absolute Gasteiger partial charge is 0.340 e. The third-order valence-corrected chi connectivity index (χ3v) is 12.5. The molecule has 7 rings (SSSR count). The van der Waals surface area contributed by atoms with Gasteiger partial charge < -0.3 is 34.7 Å². The lowest BCUT2D eigenvalue weighted by Crippen LogP contribution is -2.14. The Kier molecular flexibility index (Phi) is 21.8. The molecule has 3 aromatic carbocycles. The van der Waals surface area contributed by atoms with Crippen molar-refractivity contribution in [1.29, 1.82) is 0 Å². The van der Waals surface area contributed by atoms with Crippen molar-refractivity contribution in [3.8, 4) is 22.8 Å². The van der Waals surface area contributed by atoms with E-state index in [1.54, 1.807) is 15.3 Å². The second kappa shape index (κ2) is 28.6. The van der Waals surface area contributed by atoms with Gasteiger partial charge in [-0.3, -0.25) is 15.0 Å². The largest absolute Gasteiger partial charge is 0.438 e. The predicted molar refractivity (Wildman–Crippen MR) is 273 cm³/mol. The summed E-state index contributed by atoms with van der Waals surface area (Å²) >= 11 is 12.5. The molecule has 4 aromatic heterocycles. The van der Waals surface area contributed by atoms with Crippen molar-refractivity contribution in [2.45, 2.75) is 117 Å². The van der Waals surface area contributed by atoms with Crippen LogP contribution >= 0.6 is 23.2 Å². The van der Waals surface area contributed by atoms with E-state index in [1.807, 2.05) is 87.5 Å². The van der Waals surface area contributed by atoms with Crippen molar-refractivity contribution >= 4 is 57.8 Å². The quantitative estimate of drug-likeness (QED) is 0.0168. The van der Waals surface area contributed by atoms with Crippen LogP contribution in [0.2, 0.25) is 10.0 Å². The summed E-state index contributed by atoms with van der Waals surface area (Å²) in [7, 11) is 0. The number of unbranched alkanes of at least 4 members (excludes halogenated alkanes) is 12. The highest BCUT2D eigenvalue weighted by Crippen LogP contribution is 2.26. The van der Waals surface area contributed by atoms with Gasteiger partial charge in [0, 0.05) is 35.5 Å². The number of halogens is 2. The van der Waals surface area contributed by atoms with Crippen LogP contribution in [-0.2, 0) is 30.2 Å². The zero-order valence-electron chi connectivity index (χ0n) is 40.4. The first kappa shape index (κ1) is 53.4. The number of nitrogens with zero attached hydrogens (tertiary/aromatic N) is 6. The number of nitrogens with one attached hydrogen (secondary N) is 4. The van der Waals surface area contributed by atoms with Gasteiger partial charge in [0.15, 0.2) is 36.5 Å². The monoisotopic (exact) mass is 1000 g/mol. The molecule has 0 amide bonds. The summed E-state index contributed by atoms with van der Waals surface area (Å²) in [6.07, 6.45) is 16.7. The lowest BCUT2D eigenvalue weighted by molar-refractivity contribution is -0.155. The van der Waals surface area contributed by atoms with E-state index in [-0.39, 0.29) is 39.0 Å². The molecule has 376 valence electrons. The number of H-pyrrole nitrogens is 2. The third kappa shape index (κ3) is 16.3. The van der Waals surface area contributed by atoms with Gasteiger partial charge in [0.25, 0.3) is 0 Å². The fourth-order valence-electron chi connectivity index (χ4n) is 7.62. The maximum atomic E-state index is 12.2. The molecule has 0 bridgehead atoms. The average molecular weight is 1000 g/mol. The Bertz CT molecular complexity index is 2680. The van der Waals surface area contributed by atoms with Gasteiger partial charge in [0.1, 0.15) is 23.5 Å². The molecule has 0 aliphatic carbocycles. The normalized spacial score (nSPS) is 11.2. The molecule has 0 aliphatic rings. The van der Waals surface area contributed by atoms with Crippen LogP contribution in [0.1, 0.15) is 124 Å². The fourth-order valence-corrected chi connectivity index (χ4v) is 7.95. The highest BCUT2D eigenvalue weighted by molar-refractivity contribution is 6.34. The standard InChI is InChI=1S/C29H44ClN5O4.C22H22ClN5O3/c1-23-27(30)29-32-28(34-35(29)33-23)24-16-15-17-25(20-24)31-21-38-22-39-26(37)18-13-11-9-7-5-3-2-4-6-8-10-12-14-19-36;1-3-15-6-4-5-7-18(15)22(29)31-13-30-12-24-17-10-8-16(9-11-17)20-25-21-19(23)14(2)26-28(21)27-20/h15-17,20,31,33,36H,2-14,18-19,21-22H2,1H3;4-11,24,26H,3,12-13H2,1-2H3. The Morgan fingerprint density at radius 3 is 1.73 bits per heavy atom. The van der Waals surface area contributed by atoms with E-state index < -0.39 is 0 Å². The van der Waals surface area contributed by atoms with Crippen LogP contribution in [0.15, 0.2) is 72.8 Å². The number of hydrogen-bond acceptors (Lipinski definition) is 13. The van der Waals surface area contributed by atoms with Crippen LogP contribution in [0.4, 0.5) is 11.4 Å². The fraction of sp³-hybridized carbons (Fsp3) is 0.451. The topological polar surface area (TPSA) is 207 Å². The van der Waals surface area contributed by atoms with Crippen molar-refractivity contribution in [3.63, 3.8) is 0 Å². The molecule has 0 radical (unpaired) electrons. The maximum absolute atomic E-state index is 12.2. The van der Waals surface area contributed by atoms with E-state index in [0.717, 1.165) is 71.6 Å². The van der Waals surface area contributed by atoms with Gasteiger partial charge in [0.05, 0.1) is 17.0 Å². The van der Waals surface area contributed by atoms with Gasteiger partial charge in [-0.15, -0.1) is 10.2 Å². The van der Waals surface area contributed by atoms with Crippen LogP contribution in [0.3, 0.4) is 0 Å². The number of ether oxygens (including phenoxy) is 4. The van der Waals surface area contributed by atoms with Gasteiger partial charge >= 0.3 is 11.9 Å². The number of benzene rings is 3. The van der Waals surface area contributed by atoms with Gasteiger partial charge in [0.2, 0.25) is 0 Å². The highest BCUT2D eigenvalue weighted by atomic mass is 35.5. The molecule has 70 heavy (non-hydrogen) atoms. The lowest BCUT2D eigenvalue weighted by Gasteiger charge is -2.10. The number of aliphatic hydroxyl groups excluding tert-OH is 1.